The normalized spacial score (nSPS) is 66.0. The van der Waals surface area contributed by atoms with Crippen molar-refractivity contribution in [2.45, 2.75) is 38.0 Å². The third-order valence-electron chi connectivity index (χ3n) is 3.56. The number of hydrogen-bond donors (Lipinski definition) is 0. The average Bonchev–Trinajstić information content (AvgIpc) is 1.99. The molecule has 0 spiro atoms. The minimum Gasteiger partial charge on any atom is -0.243 e. The lowest BCUT2D eigenvalue weighted by atomic mass is 9.77. The quantitative estimate of drug-likeness (QED) is 0.492. The van der Waals surface area contributed by atoms with Gasteiger partial charge in [-0.05, 0) is 11.8 Å². The van der Waals surface area contributed by atoms with Crippen molar-refractivity contribution in [1.82, 2.24) is 0 Å². The van der Waals surface area contributed by atoms with Gasteiger partial charge in [0.05, 0.1) is 0 Å². The molecule has 0 N–H and O–H groups in total. The van der Waals surface area contributed by atoms with Crippen LogP contribution in [0, 0.1) is 11.8 Å². The third-order valence-corrected chi connectivity index (χ3v) is 3.56. The molecule has 0 unspecified atom stereocenters. The number of hydrogen-bond acceptors (Lipinski definition) is 0. The lowest BCUT2D eigenvalue weighted by Crippen LogP contribution is -2.43. The molecule has 3 saturated carbocycles. The molecule has 58 valence electrons. The fourth-order valence-electron chi connectivity index (χ4n) is 2.47. The van der Waals surface area contributed by atoms with Crippen molar-refractivity contribution in [2.75, 3.05) is 0 Å². The average molecular weight is 146 g/mol. The van der Waals surface area contributed by atoms with Gasteiger partial charge in [-0.15, -0.1) is 0 Å². The molecule has 3 fully saturated rings. The molecular formula is C8H12F2. The fourth-order valence-corrected chi connectivity index (χ4v) is 2.47. The Kier molecular flexibility index (Phi) is 0.911. The second-order valence-corrected chi connectivity index (χ2v) is 4.00. The van der Waals surface area contributed by atoms with E-state index in [0.29, 0.717) is 0 Å². The lowest BCUT2D eigenvalue weighted by molar-refractivity contribution is -0.0373. The van der Waals surface area contributed by atoms with Crippen LogP contribution in [0.1, 0.15) is 26.7 Å². The maximum absolute atomic E-state index is 13.3. The molecule has 0 heterocycles. The topological polar surface area (TPSA) is 0 Å². The van der Waals surface area contributed by atoms with Gasteiger partial charge in [-0.2, -0.15) is 0 Å². The zero-order valence-corrected chi connectivity index (χ0v) is 6.32. The SMILES string of the molecule is C[C@@H]1[C@H](C)C2(F)CC1(F)C2. The van der Waals surface area contributed by atoms with Crippen molar-refractivity contribution >= 4 is 0 Å². The highest BCUT2D eigenvalue weighted by atomic mass is 19.2. The number of fused-ring (bicyclic) bond motifs is 1. The van der Waals surface area contributed by atoms with Crippen LogP contribution in [0.15, 0.2) is 0 Å². The van der Waals surface area contributed by atoms with Crippen LogP contribution >= 0.6 is 0 Å². The van der Waals surface area contributed by atoms with Gasteiger partial charge in [0, 0.05) is 12.8 Å². The summed E-state index contributed by atoms with van der Waals surface area (Å²) < 4.78 is 26.7. The summed E-state index contributed by atoms with van der Waals surface area (Å²) in [4.78, 5) is 0. The largest absolute Gasteiger partial charge is 0.243 e. The molecule has 2 bridgehead atoms. The van der Waals surface area contributed by atoms with Crippen LogP contribution in [-0.2, 0) is 0 Å². The van der Waals surface area contributed by atoms with E-state index in [1.807, 2.05) is 13.8 Å². The van der Waals surface area contributed by atoms with Gasteiger partial charge in [-0.1, -0.05) is 13.8 Å². The zero-order valence-electron chi connectivity index (χ0n) is 6.32. The van der Waals surface area contributed by atoms with E-state index in [4.69, 9.17) is 0 Å². The molecule has 0 aromatic carbocycles. The van der Waals surface area contributed by atoms with Crippen LogP contribution in [0.4, 0.5) is 8.78 Å². The second kappa shape index (κ2) is 1.39. The fraction of sp³-hybridized carbons (Fsp3) is 1.00. The molecule has 2 heteroatoms. The van der Waals surface area contributed by atoms with Crippen LogP contribution in [0.5, 0.6) is 0 Å². The van der Waals surface area contributed by atoms with Crippen LogP contribution in [0.2, 0.25) is 0 Å². The Bertz CT molecular complexity index is 152. The Balaban J connectivity index is 2.30. The molecule has 0 amide bonds. The van der Waals surface area contributed by atoms with Gasteiger partial charge in [0.2, 0.25) is 0 Å². The van der Waals surface area contributed by atoms with E-state index in [9.17, 15) is 8.78 Å². The third kappa shape index (κ3) is 0.477. The number of alkyl halides is 2. The summed E-state index contributed by atoms with van der Waals surface area (Å²) in [5.41, 5.74) is -2.29. The standard InChI is InChI=1S/C8H12F2/c1-5-6(2)8(10)3-7(5,9)4-8/h5-6H,3-4H2,1-2H3/t5-,6+,7?,8?. The van der Waals surface area contributed by atoms with Crippen LogP contribution in [-0.4, -0.2) is 11.3 Å². The molecule has 0 radical (unpaired) electrons. The van der Waals surface area contributed by atoms with Gasteiger partial charge in [0.1, 0.15) is 11.3 Å². The van der Waals surface area contributed by atoms with Crippen molar-refractivity contribution in [3.8, 4) is 0 Å². The maximum Gasteiger partial charge on any atom is 0.120 e. The van der Waals surface area contributed by atoms with Gasteiger partial charge >= 0.3 is 0 Å². The summed E-state index contributed by atoms with van der Waals surface area (Å²) >= 11 is 0. The van der Waals surface area contributed by atoms with Crippen molar-refractivity contribution in [3.05, 3.63) is 0 Å². The van der Waals surface area contributed by atoms with Gasteiger partial charge < -0.3 is 0 Å². The second-order valence-electron chi connectivity index (χ2n) is 4.00. The molecule has 0 aliphatic heterocycles. The van der Waals surface area contributed by atoms with Crippen molar-refractivity contribution in [2.24, 2.45) is 11.8 Å². The summed E-state index contributed by atoms with van der Waals surface area (Å²) in [6.07, 6.45) is 0.310. The Hall–Kier alpha value is -0.140. The van der Waals surface area contributed by atoms with Crippen LogP contribution in [0.3, 0.4) is 0 Å². The molecular weight excluding hydrogens is 134 g/mol. The van der Waals surface area contributed by atoms with Crippen LogP contribution in [0.25, 0.3) is 0 Å². The first-order chi connectivity index (χ1) is 4.48. The summed E-state index contributed by atoms with van der Waals surface area (Å²) in [5, 5.41) is 0. The number of rotatable bonds is 0. The minimum absolute atomic E-state index is 0.0718. The van der Waals surface area contributed by atoms with E-state index in [1.54, 1.807) is 0 Å². The van der Waals surface area contributed by atoms with E-state index in [1.165, 1.54) is 0 Å². The predicted octanol–water partition coefficient (Wildman–Crippen LogP) is 2.48. The predicted molar refractivity (Wildman–Crippen MR) is 35.2 cm³/mol. The van der Waals surface area contributed by atoms with E-state index >= 15 is 0 Å². The van der Waals surface area contributed by atoms with Gasteiger partial charge in [0.25, 0.3) is 0 Å². The van der Waals surface area contributed by atoms with E-state index in [-0.39, 0.29) is 24.7 Å². The Labute approximate surface area is 59.6 Å². The molecule has 0 nitrogen and oxygen atoms in total. The summed E-state index contributed by atoms with van der Waals surface area (Å²) in [6.45, 7) is 3.64. The Morgan fingerprint density at radius 3 is 1.40 bits per heavy atom. The zero-order chi connectivity index (χ0) is 7.57. The summed E-state index contributed by atoms with van der Waals surface area (Å²) in [7, 11) is 0. The molecule has 0 aromatic rings. The van der Waals surface area contributed by atoms with E-state index in [2.05, 4.69) is 0 Å². The molecule has 3 aliphatic rings. The Morgan fingerprint density at radius 1 is 1.00 bits per heavy atom. The highest BCUT2D eigenvalue weighted by molar-refractivity contribution is 5.19. The van der Waals surface area contributed by atoms with Crippen LogP contribution < -0.4 is 0 Å². The van der Waals surface area contributed by atoms with E-state index in [0.717, 1.165) is 0 Å². The number of halogens is 2. The minimum atomic E-state index is -1.14. The Morgan fingerprint density at radius 2 is 1.30 bits per heavy atom. The highest BCUT2D eigenvalue weighted by Crippen LogP contribution is 2.65. The van der Waals surface area contributed by atoms with Crippen molar-refractivity contribution in [3.63, 3.8) is 0 Å². The molecule has 3 rings (SSSR count). The van der Waals surface area contributed by atoms with E-state index < -0.39 is 11.3 Å². The smallest absolute Gasteiger partial charge is 0.120 e. The van der Waals surface area contributed by atoms with Crippen molar-refractivity contribution < 1.29 is 8.78 Å². The lowest BCUT2D eigenvalue weighted by Gasteiger charge is -2.37. The van der Waals surface area contributed by atoms with Crippen molar-refractivity contribution in [1.29, 1.82) is 0 Å². The first-order valence-corrected chi connectivity index (χ1v) is 3.86. The molecule has 0 saturated heterocycles. The maximum atomic E-state index is 13.3. The summed E-state index contributed by atoms with van der Waals surface area (Å²) in [6, 6.07) is 0. The van der Waals surface area contributed by atoms with Gasteiger partial charge in [0.15, 0.2) is 0 Å². The monoisotopic (exact) mass is 146 g/mol. The first kappa shape index (κ1) is 6.56. The molecule has 2 atom stereocenters. The summed E-state index contributed by atoms with van der Waals surface area (Å²) in [5.74, 6) is -0.144. The van der Waals surface area contributed by atoms with Gasteiger partial charge in [-0.3, -0.25) is 0 Å². The molecule has 0 aromatic heterocycles. The first-order valence-electron chi connectivity index (χ1n) is 3.86. The van der Waals surface area contributed by atoms with Gasteiger partial charge in [-0.25, -0.2) is 8.78 Å². The molecule has 10 heavy (non-hydrogen) atoms. The molecule has 3 aliphatic carbocycles. The highest BCUT2D eigenvalue weighted by Gasteiger charge is 2.70.